The summed E-state index contributed by atoms with van der Waals surface area (Å²) in [6.45, 7) is 3.50. The SMILES string of the molecule is CCCCCC(=O)/C=C/[C@@]12CCC[C@@H]1O[C@H](COCCCO)C2. The van der Waals surface area contributed by atoms with E-state index >= 15 is 0 Å². The number of allylic oxidation sites excluding steroid dienone is 1. The van der Waals surface area contributed by atoms with Gasteiger partial charge in [-0.15, -0.1) is 0 Å². The first kappa shape index (κ1) is 18.6. The van der Waals surface area contributed by atoms with Crippen LogP contribution in [0, 0.1) is 5.41 Å². The van der Waals surface area contributed by atoms with E-state index in [1.165, 1.54) is 6.42 Å². The highest BCUT2D eigenvalue weighted by atomic mass is 16.5. The fourth-order valence-electron chi connectivity index (χ4n) is 3.84. The average molecular weight is 324 g/mol. The van der Waals surface area contributed by atoms with Gasteiger partial charge in [0.05, 0.1) is 18.8 Å². The molecule has 1 aliphatic heterocycles. The predicted molar refractivity (Wildman–Crippen MR) is 90.4 cm³/mol. The van der Waals surface area contributed by atoms with Gasteiger partial charge in [0, 0.05) is 25.0 Å². The Labute approximate surface area is 140 Å². The molecule has 2 fully saturated rings. The molecule has 1 heterocycles. The summed E-state index contributed by atoms with van der Waals surface area (Å²) >= 11 is 0. The number of ether oxygens (including phenoxy) is 2. The monoisotopic (exact) mass is 324 g/mol. The number of hydrogen-bond acceptors (Lipinski definition) is 4. The Bertz CT molecular complexity index is 393. The lowest BCUT2D eigenvalue weighted by Crippen LogP contribution is -2.22. The zero-order chi connectivity index (χ0) is 16.5. The lowest BCUT2D eigenvalue weighted by Gasteiger charge is -2.23. The van der Waals surface area contributed by atoms with Crippen LogP contribution >= 0.6 is 0 Å². The Morgan fingerprint density at radius 2 is 2.26 bits per heavy atom. The van der Waals surface area contributed by atoms with Gasteiger partial charge in [-0.25, -0.2) is 0 Å². The van der Waals surface area contributed by atoms with Crippen molar-refractivity contribution < 1.29 is 19.4 Å². The Morgan fingerprint density at radius 3 is 3.04 bits per heavy atom. The van der Waals surface area contributed by atoms with Crippen LogP contribution in [-0.4, -0.2) is 42.9 Å². The number of hydrogen-bond donors (Lipinski definition) is 1. The van der Waals surface area contributed by atoms with Crippen LogP contribution in [0.2, 0.25) is 0 Å². The van der Waals surface area contributed by atoms with Gasteiger partial charge in [0.1, 0.15) is 0 Å². The van der Waals surface area contributed by atoms with Gasteiger partial charge in [0.25, 0.3) is 0 Å². The molecule has 23 heavy (non-hydrogen) atoms. The number of fused-ring (bicyclic) bond motifs is 1. The van der Waals surface area contributed by atoms with Crippen LogP contribution in [0.3, 0.4) is 0 Å². The molecule has 1 saturated carbocycles. The minimum atomic E-state index is 0.0470. The second-order valence-electron chi connectivity index (χ2n) is 6.99. The predicted octanol–water partition coefficient (Wildman–Crippen LogP) is 3.42. The summed E-state index contributed by atoms with van der Waals surface area (Å²) in [6.07, 6.45) is 13.3. The van der Waals surface area contributed by atoms with Crippen LogP contribution in [0.15, 0.2) is 12.2 Å². The highest BCUT2D eigenvalue weighted by molar-refractivity contribution is 5.89. The fourth-order valence-corrected chi connectivity index (χ4v) is 3.84. The normalized spacial score (nSPS) is 30.2. The molecule has 0 aromatic heterocycles. The van der Waals surface area contributed by atoms with Crippen LogP contribution < -0.4 is 0 Å². The number of unbranched alkanes of at least 4 members (excludes halogenated alkanes) is 2. The van der Waals surface area contributed by atoms with E-state index in [1.807, 2.05) is 6.08 Å². The summed E-state index contributed by atoms with van der Waals surface area (Å²) < 4.78 is 11.7. The molecular weight excluding hydrogens is 292 g/mol. The summed E-state index contributed by atoms with van der Waals surface area (Å²) in [6, 6.07) is 0. The van der Waals surface area contributed by atoms with Gasteiger partial charge in [-0.3, -0.25) is 4.79 Å². The van der Waals surface area contributed by atoms with Crippen molar-refractivity contribution >= 4 is 5.78 Å². The number of carbonyl (C=O) groups is 1. The second kappa shape index (κ2) is 9.55. The molecule has 3 atom stereocenters. The highest BCUT2D eigenvalue weighted by Gasteiger charge is 2.49. The van der Waals surface area contributed by atoms with Gasteiger partial charge < -0.3 is 14.6 Å². The van der Waals surface area contributed by atoms with Gasteiger partial charge in [-0.2, -0.15) is 0 Å². The van der Waals surface area contributed by atoms with E-state index in [-0.39, 0.29) is 30.0 Å². The molecule has 1 N–H and O–H groups in total. The molecule has 2 aliphatic rings. The van der Waals surface area contributed by atoms with Crippen molar-refractivity contribution in [2.45, 2.75) is 76.9 Å². The van der Waals surface area contributed by atoms with Crippen LogP contribution in [0.25, 0.3) is 0 Å². The minimum Gasteiger partial charge on any atom is -0.396 e. The van der Waals surface area contributed by atoms with E-state index in [0.29, 0.717) is 26.1 Å². The smallest absolute Gasteiger partial charge is 0.155 e. The van der Waals surface area contributed by atoms with Crippen LogP contribution in [0.5, 0.6) is 0 Å². The standard InChI is InChI=1S/C19H32O4/c1-2-3-4-7-16(21)9-11-19-10-5-8-18(19)23-17(14-19)15-22-13-6-12-20/h9,11,17-18,20H,2-8,10,12-15H2,1H3/b11-9+/t17-,18-,19+/m0/s1. The minimum absolute atomic E-state index is 0.0470. The molecule has 0 unspecified atom stereocenters. The molecule has 2 rings (SSSR count). The van der Waals surface area contributed by atoms with Crippen molar-refractivity contribution in [2.24, 2.45) is 5.41 Å². The number of aliphatic hydroxyl groups excluding tert-OH is 1. The highest BCUT2D eigenvalue weighted by Crippen LogP contribution is 2.50. The van der Waals surface area contributed by atoms with Crippen molar-refractivity contribution in [1.82, 2.24) is 0 Å². The van der Waals surface area contributed by atoms with E-state index in [4.69, 9.17) is 14.6 Å². The summed E-state index contributed by atoms with van der Waals surface area (Å²) in [4.78, 5) is 12.0. The van der Waals surface area contributed by atoms with Crippen molar-refractivity contribution in [3.63, 3.8) is 0 Å². The fraction of sp³-hybridized carbons (Fsp3) is 0.842. The van der Waals surface area contributed by atoms with Crippen LogP contribution in [0.1, 0.15) is 64.7 Å². The lowest BCUT2D eigenvalue weighted by atomic mass is 9.80. The van der Waals surface area contributed by atoms with Crippen molar-refractivity contribution in [1.29, 1.82) is 0 Å². The Hall–Kier alpha value is -0.710. The zero-order valence-corrected chi connectivity index (χ0v) is 14.5. The Kier molecular flexibility index (Phi) is 7.74. The molecule has 0 bridgehead atoms. The van der Waals surface area contributed by atoms with Gasteiger partial charge in [0.15, 0.2) is 5.78 Å². The van der Waals surface area contributed by atoms with Crippen molar-refractivity contribution in [3.05, 3.63) is 12.2 Å². The van der Waals surface area contributed by atoms with E-state index in [9.17, 15) is 4.79 Å². The molecule has 0 aromatic rings. The van der Waals surface area contributed by atoms with Crippen molar-refractivity contribution in [3.8, 4) is 0 Å². The van der Waals surface area contributed by atoms with Gasteiger partial charge in [-0.05, 0) is 44.6 Å². The van der Waals surface area contributed by atoms with E-state index in [0.717, 1.165) is 38.5 Å². The molecule has 4 nitrogen and oxygen atoms in total. The van der Waals surface area contributed by atoms with Crippen molar-refractivity contribution in [2.75, 3.05) is 19.8 Å². The summed E-state index contributed by atoms with van der Waals surface area (Å²) in [5, 5.41) is 8.78. The molecule has 0 spiro atoms. The first-order valence-electron chi connectivity index (χ1n) is 9.26. The third-order valence-corrected chi connectivity index (χ3v) is 5.09. The molecular formula is C19H32O4. The lowest BCUT2D eigenvalue weighted by molar-refractivity contribution is -0.114. The van der Waals surface area contributed by atoms with Gasteiger partial charge in [-0.1, -0.05) is 25.8 Å². The molecule has 4 heteroatoms. The maximum Gasteiger partial charge on any atom is 0.155 e. The van der Waals surface area contributed by atoms with E-state index in [2.05, 4.69) is 13.0 Å². The van der Waals surface area contributed by atoms with E-state index < -0.39 is 0 Å². The number of rotatable bonds is 11. The Balaban J connectivity index is 1.82. The van der Waals surface area contributed by atoms with Crippen LogP contribution in [0.4, 0.5) is 0 Å². The Morgan fingerprint density at radius 1 is 1.39 bits per heavy atom. The zero-order valence-electron chi connectivity index (χ0n) is 14.5. The number of carbonyl (C=O) groups excluding carboxylic acids is 1. The van der Waals surface area contributed by atoms with E-state index in [1.54, 1.807) is 0 Å². The molecule has 0 radical (unpaired) electrons. The molecule has 0 aromatic carbocycles. The maximum atomic E-state index is 12.0. The van der Waals surface area contributed by atoms with Gasteiger partial charge >= 0.3 is 0 Å². The summed E-state index contributed by atoms with van der Waals surface area (Å²) in [5.41, 5.74) is 0.0470. The van der Waals surface area contributed by atoms with Gasteiger partial charge in [0.2, 0.25) is 0 Å². The first-order chi connectivity index (χ1) is 11.2. The summed E-state index contributed by atoms with van der Waals surface area (Å²) in [5.74, 6) is 0.251. The number of ketones is 1. The molecule has 1 saturated heterocycles. The number of aliphatic hydroxyl groups is 1. The molecule has 1 aliphatic carbocycles. The molecule has 0 amide bonds. The third kappa shape index (κ3) is 5.40. The molecule has 132 valence electrons. The second-order valence-corrected chi connectivity index (χ2v) is 6.99. The summed E-state index contributed by atoms with van der Waals surface area (Å²) in [7, 11) is 0. The first-order valence-corrected chi connectivity index (χ1v) is 9.26. The third-order valence-electron chi connectivity index (χ3n) is 5.09. The quantitative estimate of drug-likeness (QED) is 0.467. The topological polar surface area (TPSA) is 55.8 Å². The van der Waals surface area contributed by atoms with Crippen LogP contribution in [-0.2, 0) is 14.3 Å². The average Bonchev–Trinajstić information content (AvgIpc) is 3.07. The maximum absolute atomic E-state index is 12.0. The largest absolute Gasteiger partial charge is 0.396 e.